The fourth-order valence-corrected chi connectivity index (χ4v) is 7.54. The number of aliphatic hydroxyl groups is 5. The predicted octanol–water partition coefficient (Wildman–Crippen LogP) is 12.8. The number of rotatable bonds is 43. The average Bonchev–Trinajstić information content (AvgIpc) is 3.34. The van der Waals surface area contributed by atoms with E-state index in [-0.39, 0.29) is 12.5 Å². The predicted molar refractivity (Wildman–Crippen MR) is 285 cm³/mol. The number of hydrogen-bond donors (Lipinski definition) is 6. The first-order chi connectivity index (χ1) is 33.3. The summed E-state index contributed by atoms with van der Waals surface area (Å²) in [6.07, 6.45) is 64.1. The Kier molecular flexibility index (Phi) is 43.5. The molecule has 0 bridgehead atoms. The van der Waals surface area contributed by atoms with E-state index >= 15 is 0 Å². The van der Waals surface area contributed by atoms with Gasteiger partial charge in [-0.1, -0.05) is 206 Å². The van der Waals surface area contributed by atoms with Gasteiger partial charge in [-0.3, -0.25) is 4.79 Å². The molecule has 7 unspecified atom stereocenters. The Bertz CT molecular complexity index is 1470. The van der Waals surface area contributed by atoms with Crippen LogP contribution in [0.15, 0.2) is 122 Å². The molecule has 68 heavy (non-hydrogen) atoms. The van der Waals surface area contributed by atoms with Crippen LogP contribution in [0.5, 0.6) is 0 Å². The molecule has 0 aromatic rings. The van der Waals surface area contributed by atoms with E-state index < -0.39 is 49.5 Å². The number of ether oxygens (including phenoxy) is 2. The van der Waals surface area contributed by atoms with Gasteiger partial charge in [0.05, 0.1) is 25.4 Å². The van der Waals surface area contributed by atoms with E-state index in [4.69, 9.17) is 9.47 Å². The molecule has 1 fully saturated rings. The quantitative estimate of drug-likeness (QED) is 0.0261. The van der Waals surface area contributed by atoms with Crippen molar-refractivity contribution in [2.75, 3.05) is 13.2 Å². The summed E-state index contributed by atoms with van der Waals surface area (Å²) in [6, 6.07) is -0.830. The number of carbonyl (C=O) groups is 1. The fraction of sp³-hybridized carbons (Fsp3) is 0.644. The van der Waals surface area contributed by atoms with Crippen molar-refractivity contribution in [3.05, 3.63) is 122 Å². The molecule has 1 rings (SSSR count). The Morgan fingerprint density at radius 1 is 0.515 bits per heavy atom. The zero-order chi connectivity index (χ0) is 49.4. The summed E-state index contributed by atoms with van der Waals surface area (Å²) in [4.78, 5) is 13.0. The van der Waals surface area contributed by atoms with E-state index in [0.29, 0.717) is 6.42 Å². The Hall–Kier alpha value is -3.41. The van der Waals surface area contributed by atoms with E-state index in [0.717, 1.165) is 103 Å². The van der Waals surface area contributed by atoms with Crippen LogP contribution in [0.3, 0.4) is 0 Å². The summed E-state index contributed by atoms with van der Waals surface area (Å²) in [5, 5.41) is 54.1. The monoisotopic (exact) mass is 948 g/mol. The topological polar surface area (TPSA) is 149 Å². The first-order valence-corrected chi connectivity index (χ1v) is 26.8. The van der Waals surface area contributed by atoms with Crippen LogP contribution in [0.2, 0.25) is 0 Å². The van der Waals surface area contributed by atoms with Gasteiger partial charge < -0.3 is 40.3 Å². The second kappa shape index (κ2) is 47.3. The van der Waals surface area contributed by atoms with Gasteiger partial charge in [0.15, 0.2) is 6.29 Å². The van der Waals surface area contributed by atoms with Gasteiger partial charge in [-0.05, 0) is 96.3 Å². The Labute approximate surface area is 414 Å². The second-order valence-corrected chi connectivity index (χ2v) is 17.9. The summed E-state index contributed by atoms with van der Waals surface area (Å²) in [5.41, 5.74) is 0. The van der Waals surface area contributed by atoms with Crippen molar-refractivity contribution in [1.82, 2.24) is 5.32 Å². The molecule has 0 spiro atoms. The maximum absolute atomic E-state index is 13.0. The summed E-state index contributed by atoms with van der Waals surface area (Å²) in [6.45, 7) is 3.58. The van der Waals surface area contributed by atoms with E-state index in [9.17, 15) is 30.3 Å². The van der Waals surface area contributed by atoms with Crippen LogP contribution < -0.4 is 5.32 Å². The minimum absolute atomic E-state index is 0.200. The molecule has 9 nitrogen and oxygen atoms in total. The maximum Gasteiger partial charge on any atom is 0.220 e. The van der Waals surface area contributed by atoms with Crippen molar-refractivity contribution in [2.24, 2.45) is 0 Å². The second-order valence-electron chi connectivity index (χ2n) is 17.9. The van der Waals surface area contributed by atoms with Crippen LogP contribution in [0.25, 0.3) is 0 Å². The minimum atomic E-state index is -1.58. The largest absolute Gasteiger partial charge is 0.394 e. The first kappa shape index (κ1) is 62.6. The molecule has 1 amide bonds. The lowest BCUT2D eigenvalue weighted by molar-refractivity contribution is -0.302. The van der Waals surface area contributed by atoms with Gasteiger partial charge in [-0.2, -0.15) is 0 Å². The third-order valence-electron chi connectivity index (χ3n) is 11.8. The van der Waals surface area contributed by atoms with Gasteiger partial charge in [0.1, 0.15) is 24.4 Å². The Morgan fingerprint density at radius 2 is 0.926 bits per heavy atom. The van der Waals surface area contributed by atoms with Gasteiger partial charge in [0, 0.05) is 6.42 Å². The highest BCUT2D eigenvalue weighted by molar-refractivity contribution is 5.76. The number of aliphatic hydroxyl groups excluding tert-OH is 5. The molecule has 6 N–H and O–H groups in total. The highest BCUT2D eigenvalue weighted by atomic mass is 16.7. The van der Waals surface area contributed by atoms with Gasteiger partial charge in [0.2, 0.25) is 5.91 Å². The SMILES string of the molecule is CC/C=C\C/C=C\C/C=C\C/C=C\C/C=C\C/C=C\C/C=C\C/C=C\CCCCCCCCCCCCC(=O)NC(COC1OC(CO)C(O)C(O)C1O)C(O)/C=C/CC/C=C/CCCCCC. The van der Waals surface area contributed by atoms with E-state index in [1.165, 1.54) is 64.2 Å². The highest BCUT2D eigenvalue weighted by Crippen LogP contribution is 2.22. The van der Waals surface area contributed by atoms with E-state index in [1.807, 2.05) is 6.08 Å². The van der Waals surface area contributed by atoms with Crippen molar-refractivity contribution in [3.8, 4) is 0 Å². The van der Waals surface area contributed by atoms with Crippen molar-refractivity contribution < 1.29 is 39.8 Å². The first-order valence-electron chi connectivity index (χ1n) is 26.8. The molecule has 0 saturated carbocycles. The molecule has 0 radical (unpaired) electrons. The number of hydrogen-bond acceptors (Lipinski definition) is 8. The molecule has 1 aliphatic heterocycles. The molecule has 0 aliphatic carbocycles. The molecule has 1 aliphatic rings. The van der Waals surface area contributed by atoms with Crippen LogP contribution in [-0.4, -0.2) is 87.5 Å². The van der Waals surface area contributed by atoms with Crippen LogP contribution in [0.4, 0.5) is 0 Å². The van der Waals surface area contributed by atoms with Gasteiger partial charge in [-0.15, -0.1) is 0 Å². The van der Waals surface area contributed by atoms with Crippen LogP contribution >= 0.6 is 0 Å². The van der Waals surface area contributed by atoms with E-state index in [1.54, 1.807) is 6.08 Å². The third-order valence-corrected chi connectivity index (χ3v) is 11.8. The number of unbranched alkanes of at least 4 members (excludes halogenated alkanes) is 15. The standard InChI is InChI=1S/C59H97NO8/c1-3-5-7-9-11-13-15-16-17-18-19-20-21-22-23-24-25-26-27-28-29-30-31-32-33-34-35-36-37-38-39-41-43-45-47-49-55(63)60-52(51-67-59-58(66)57(65)56(64)54(50-61)68-59)53(62)48-46-44-42-40-14-12-10-8-6-4-2/h5,7,11,13-14,16-17,19-20,22-23,25-26,28-29,31-32,40,46,48,52-54,56-59,61-62,64-66H,3-4,6,8-10,12,15,18,21,24,27,30,33-39,41-45,47,49-51H2,1-2H3,(H,60,63)/b7-5-,13-11-,17-16-,20-19-,23-22-,26-25-,29-28-,32-31-,40-14+,48-46+. The molecule has 7 atom stereocenters. The fourth-order valence-electron chi connectivity index (χ4n) is 7.54. The summed E-state index contributed by atoms with van der Waals surface area (Å²) in [7, 11) is 0. The van der Waals surface area contributed by atoms with Gasteiger partial charge in [0.25, 0.3) is 0 Å². The average molecular weight is 948 g/mol. The van der Waals surface area contributed by atoms with Crippen LogP contribution in [0.1, 0.15) is 187 Å². The van der Waals surface area contributed by atoms with E-state index in [2.05, 4.69) is 129 Å². The zero-order valence-electron chi connectivity index (χ0n) is 42.6. The van der Waals surface area contributed by atoms with Crippen molar-refractivity contribution in [2.45, 2.75) is 230 Å². The molecule has 0 aromatic carbocycles. The maximum atomic E-state index is 13.0. The number of carbonyl (C=O) groups excluding carboxylic acids is 1. The molecule has 1 heterocycles. The molecule has 9 heteroatoms. The van der Waals surface area contributed by atoms with Crippen LogP contribution in [0, 0.1) is 0 Å². The van der Waals surface area contributed by atoms with Crippen molar-refractivity contribution >= 4 is 5.91 Å². The Balaban J connectivity index is 2.16. The smallest absolute Gasteiger partial charge is 0.220 e. The van der Waals surface area contributed by atoms with Gasteiger partial charge in [-0.25, -0.2) is 0 Å². The molecular formula is C59H97NO8. The summed E-state index contributed by atoms with van der Waals surface area (Å²) >= 11 is 0. The molecule has 386 valence electrons. The van der Waals surface area contributed by atoms with Gasteiger partial charge >= 0.3 is 0 Å². The Morgan fingerprint density at radius 3 is 1.41 bits per heavy atom. The molecule has 0 aromatic heterocycles. The minimum Gasteiger partial charge on any atom is -0.394 e. The highest BCUT2D eigenvalue weighted by Gasteiger charge is 2.44. The number of amides is 1. The lowest BCUT2D eigenvalue weighted by Crippen LogP contribution is -2.60. The van der Waals surface area contributed by atoms with Crippen LogP contribution in [-0.2, 0) is 14.3 Å². The molecule has 1 saturated heterocycles. The van der Waals surface area contributed by atoms with Crippen molar-refractivity contribution in [1.29, 1.82) is 0 Å². The number of nitrogens with one attached hydrogen (secondary N) is 1. The third kappa shape index (κ3) is 36.6. The zero-order valence-corrected chi connectivity index (χ0v) is 42.6. The number of allylic oxidation sites excluding steroid dienone is 19. The van der Waals surface area contributed by atoms with Crippen molar-refractivity contribution in [3.63, 3.8) is 0 Å². The summed E-state index contributed by atoms with van der Waals surface area (Å²) in [5.74, 6) is -0.200. The lowest BCUT2D eigenvalue weighted by atomic mass is 9.99. The lowest BCUT2D eigenvalue weighted by Gasteiger charge is -2.40. The normalized spacial score (nSPS) is 20.6. The summed E-state index contributed by atoms with van der Waals surface area (Å²) < 4.78 is 11.2. The molecular weight excluding hydrogens is 851 g/mol.